The van der Waals surface area contributed by atoms with Gasteiger partial charge in [-0.25, -0.2) is 0 Å². The summed E-state index contributed by atoms with van der Waals surface area (Å²) >= 11 is 9.47. The van der Waals surface area contributed by atoms with Gasteiger partial charge in [0.25, 0.3) is 0 Å². The van der Waals surface area contributed by atoms with Crippen LogP contribution in [0.5, 0.6) is 0 Å². The second-order valence-electron chi connectivity index (χ2n) is 6.41. The summed E-state index contributed by atoms with van der Waals surface area (Å²) in [7, 11) is 0. The molecule has 0 aliphatic heterocycles. The molecule has 0 aromatic heterocycles. The number of nitrogens with zero attached hydrogens (tertiary/aromatic N) is 4. The predicted octanol–water partition coefficient (Wildman–Crippen LogP) is 4.03. The maximum absolute atomic E-state index is 12.4. The van der Waals surface area contributed by atoms with Crippen molar-refractivity contribution < 1.29 is 43.4 Å². The van der Waals surface area contributed by atoms with Crippen LogP contribution in [0.1, 0.15) is 12.5 Å². The van der Waals surface area contributed by atoms with Gasteiger partial charge in [0.05, 0.1) is 5.71 Å². The van der Waals surface area contributed by atoms with Crippen molar-refractivity contribution in [2.45, 2.75) is 19.3 Å². The van der Waals surface area contributed by atoms with Crippen LogP contribution in [0.25, 0.3) is 10.8 Å². The first-order valence-electron chi connectivity index (χ1n) is 9.07. The van der Waals surface area contributed by atoms with Crippen molar-refractivity contribution in [1.29, 1.82) is 0 Å². The second kappa shape index (κ2) is 12.8. The first kappa shape index (κ1) is 29.6. The fourth-order valence-electron chi connectivity index (χ4n) is 2.44. The molecule has 0 saturated carbocycles. The van der Waals surface area contributed by atoms with E-state index in [9.17, 15) is 26.3 Å². The number of fused-ring (bicyclic) bond motifs is 1. The number of benzene rings is 2. The monoisotopic (exact) mass is 569 g/mol. The van der Waals surface area contributed by atoms with E-state index in [0.29, 0.717) is 5.56 Å². The van der Waals surface area contributed by atoms with Gasteiger partial charge in [0.15, 0.2) is 0 Å². The van der Waals surface area contributed by atoms with E-state index in [1.54, 1.807) is 24.3 Å². The van der Waals surface area contributed by atoms with E-state index in [0.717, 1.165) is 10.8 Å². The molecule has 0 fully saturated rings. The number of alkyl halides is 6. The Hall–Kier alpha value is -2.48. The van der Waals surface area contributed by atoms with Crippen molar-refractivity contribution >= 4 is 57.8 Å². The van der Waals surface area contributed by atoms with Crippen molar-refractivity contribution in [2.75, 3.05) is 13.1 Å². The third-order valence-corrected chi connectivity index (χ3v) is 4.25. The average molecular weight is 570 g/mol. The third-order valence-electron chi connectivity index (χ3n) is 3.80. The van der Waals surface area contributed by atoms with E-state index in [1.165, 1.54) is 6.92 Å². The van der Waals surface area contributed by atoms with Gasteiger partial charge in [-0.15, -0.1) is 5.10 Å². The molecule has 15 heteroatoms. The Kier molecular flexibility index (Phi) is 11.2. The Bertz CT molecular complexity index is 1090. The Morgan fingerprint density at radius 2 is 1.26 bits per heavy atom. The molecule has 2 rings (SSSR count). The summed E-state index contributed by atoms with van der Waals surface area (Å²) < 4.78 is 74.0. The van der Waals surface area contributed by atoms with Gasteiger partial charge in [-0.1, -0.05) is 42.5 Å². The van der Waals surface area contributed by atoms with Gasteiger partial charge in [-0.2, -0.15) is 41.6 Å². The molecular formula is C19H16CuF6N6S2. The molecule has 0 unspecified atom stereocenters. The average Bonchev–Trinajstić information content (AvgIpc) is 2.74. The number of amidine groups is 2. The zero-order valence-electron chi connectivity index (χ0n) is 17.1. The topological polar surface area (TPSA) is 73.5 Å². The Labute approximate surface area is 212 Å². The number of hydrogen-bond acceptors (Lipinski definition) is 6. The maximum Gasteiger partial charge on any atom is 2.00 e. The Balaban J connectivity index is 0.00000578. The largest absolute Gasteiger partial charge is 2.00 e. The molecule has 0 saturated heterocycles. The SMILES string of the molecule is CC(=N\N=C(/[S-])NCC(F)(F)F)/C(=N/N=C(\[S-])NCC(F)(F)F)c1cccc2ccccc12.[Cu+2]. The number of nitrogens with one attached hydrogen (secondary N) is 2. The molecule has 0 amide bonds. The number of rotatable bonds is 6. The van der Waals surface area contributed by atoms with E-state index in [2.05, 4.69) is 20.4 Å². The molecule has 0 aliphatic rings. The van der Waals surface area contributed by atoms with E-state index in [4.69, 9.17) is 25.3 Å². The molecule has 0 heterocycles. The summed E-state index contributed by atoms with van der Waals surface area (Å²) in [6.07, 6.45) is -9.00. The van der Waals surface area contributed by atoms with Crippen molar-refractivity contribution in [1.82, 2.24) is 10.6 Å². The molecule has 187 valence electrons. The molecule has 0 atom stereocenters. The molecule has 6 nitrogen and oxygen atoms in total. The van der Waals surface area contributed by atoms with Crippen molar-refractivity contribution in [3.63, 3.8) is 0 Å². The van der Waals surface area contributed by atoms with Crippen LogP contribution in [-0.2, 0) is 42.3 Å². The zero-order valence-corrected chi connectivity index (χ0v) is 19.7. The summed E-state index contributed by atoms with van der Waals surface area (Å²) in [6, 6.07) is 12.4. The summed E-state index contributed by atoms with van der Waals surface area (Å²) in [5.41, 5.74) is 0.677. The maximum atomic E-state index is 12.4. The van der Waals surface area contributed by atoms with Crippen LogP contribution in [0.15, 0.2) is 62.9 Å². The Morgan fingerprint density at radius 1 is 0.765 bits per heavy atom. The smallest absolute Gasteiger partial charge is 0.741 e. The van der Waals surface area contributed by atoms with Crippen molar-refractivity contribution in [3.05, 3.63) is 48.0 Å². The van der Waals surface area contributed by atoms with Crippen LogP contribution in [0.2, 0.25) is 0 Å². The van der Waals surface area contributed by atoms with Crippen LogP contribution in [-0.4, -0.2) is 47.2 Å². The number of halogens is 6. The van der Waals surface area contributed by atoms with Crippen LogP contribution >= 0.6 is 0 Å². The van der Waals surface area contributed by atoms with Crippen molar-refractivity contribution in [3.8, 4) is 0 Å². The zero-order chi connectivity index (χ0) is 24.6. The van der Waals surface area contributed by atoms with Crippen LogP contribution in [0, 0.1) is 0 Å². The van der Waals surface area contributed by atoms with Crippen LogP contribution in [0.3, 0.4) is 0 Å². The summed E-state index contributed by atoms with van der Waals surface area (Å²) in [5.74, 6) is 0. The van der Waals surface area contributed by atoms with Gasteiger partial charge in [-0.05, 0) is 28.0 Å². The van der Waals surface area contributed by atoms with E-state index >= 15 is 0 Å². The predicted molar refractivity (Wildman–Crippen MR) is 121 cm³/mol. The molecule has 0 aliphatic carbocycles. The molecule has 0 spiro atoms. The minimum Gasteiger partial charge on any atom is -0.741 e. The van der Waals surface area contributed by atoms with Gasteiger partial charge < -0.3 is 35.9 Å². The Morgan fingerprint density at radius 3 is 1.82 bits per heavy atom. The molecule has 2 aromatic rings. The normalized spacial score (nSPS) is 14.1. The quantitative estimate of drug-likeness (QED) is 0.138. The van der Waals surface area contributed by atoms with Crippen molar-refractivity contribution in [2.24, 2.45) is 20.4 Å². The first-order chi connectivity index (χ1) is 15.4. The number of hydrogen-bond donors (Lipinski definition) is 2. The minimum atomic E-state index is -4.50. The van der Waals surface area contributed by atoms with Gasteiger partial charge >= 0.3 is 29.4 Å². The first-order valence-corrected chi connectivity index (χ1v) is 9.89. The molecular weight excluding hydrogens is 554 g/mol. The van der Waals surface area contributed by atoms with Crippen LogP contribution < -0.4 is 10.6 Å². The van der Waals surface area contributed by atoms with E-state index in [1.807, 2.05) is 28.8 Å². The molecule has 2 aromatic carbocycles. The minimum absolute atomic E-state index is 0. The molecule has 1 radical (unpaired) electrons. The second-order valence-corrected chi connectivity index (χ2v) is 7.18. The van der Waals surface area contributed by atoms with E-state index in [-0.39, 0.29) is 28.5 Å². The van der Waals surface area contributed by atoms with Gasteiger partial charge in [0.2, 0.25) is 0 Å². The fraction of sp³-hybridized carbons (Fsp3) is 0.263. The molecule has 0 bridgehead atoms. The summed E-state index contributed by atoms with van der Waals surface area (Å²) in [6.45, 7) is -1.34. The van der Waals surface area contributed by atoms with E-state index < -0.39 is 35.8 Å². The van der Waals surface area contributed by atoms with Gasteiger partial charge in [0, 0.05) is 5.56 Å². The summed E-state index contributed by atoms with van der Waals surface area (Å²) in [4.78, 5) is 0. The van der Waals surface area contributed by atoms with Gasteiger partial charge in [0.1, 0.15) is 18.8 Å². The molecule has 2 N–H and O–H groups in total. The third kappa shape index (κ3) is 10.2. The standard InChI is InChI=1S/C19H18F6N6S2.Cu/c1-11(28-30-16(32)26-9-18(20,21)22)15(29-31-17(33)27-10-19(23,24)25)14-8-4-6-12-5-2-3-7-13(12)14;/h2-8H,9-10H2,1H3,(H2,26,30,32)(H2,27,31,33);/q;+2/p-2/b28-11+,29-15-;. The molecule has 34 heavy (non-hydrogen) atoms. The van der Waals surface area contributed by atoms with Gasteiger partial charge in [-0.3, -0.25) is 0 Å². The fourth-order valence-corrected chi connectivity index (χ4v) is 2.66. The van der Waals surface area contributed by atoms with Crippen LogP contribution in [0.4, 0.5) is 26.3 Å². The summed E-state index contributed by atoms with van der Waals surface area (Å²) in [5, 5.41) is 19.2.